The first-order valence-electron chi connectivity index (χ1n) is 9.10. The summed E-state index contributed by atoms with van der Waals surface area (Å²) in [7, 11) is 0. The molecule has 0 atom stereocenters. The number of nitrogens with one attached hydrogen (secondary N) is 1. The van der Waals surface area contributed by atoms with Gasteiger partial charge in [0.25, 0.3) is 5.91 Å². The number of hydrogen-bond donors (Lipinski definition) is 1. The van der Waals surface area contributed by atoms with Crippen molar-refractivity contribution < 1.29 is 9.21 Å². The fraction of sp³-hybridized carbons (Fsp3) is 0.0833. The van der Waals surface area contributed by atoms with Crippen molar-refractivity contribution in [2.75, 3.05) is 0 Å². The van der Waals surface area contributed by atoms with Crippen LogP contribution in [0.1, 0.15) is 28.6 Å². The SMILES string of the molecule is C=C/C=C\C=C(/C)C#Cc1cc(C(=O)NCc2ccco2)ccc1-n1cccn1. The van der Waals surface area contributed by atoms with Gasteiger partial charge in [-0.25, -0.2) is 4.68 Å². The Hall–Kier alpha value is -4.04. The van der Waals surface area contributed by atoms with Crippen LogP contribution in [0.3, 0.4) is 0 Å². The third-order valence-corrected chi connectivity index (χ3v) is 4.00. The van der Waals surface area contributed by atoms with Crippen LogP contribution in [0.2, 0.25) is 0 Å². The van der Waals surface area contributed by atoms with Crippen molar-refractivity contribution in [2.45, 2.75) is 13.5 Å². The number of furan rings is 1. The van der Waals surface area contributed by atoms with Crippen LogP contribution < -0.4 is 5.32 Å². The van der Waals surface area contributed by atoms with Gasteiger partial charge in [-0.15, -0.1) is 0 Å². The smallest absolute Gasteiger partial charge is 0.251 e. The van der Waals surface area contributed by atoms with E-state index < -0.39 is 0 Å². The Labute approximate surface area is 170 Å². The zero-order chi connectivity index (χ0) is 20.5. The Morgan fingerprint density at radius 1 is 1.31 bits per heavy atom. The van der Waals surface area contributed by atoms with Crippen LogP contribution in [-0.4, -0.2) is 15.7 Å². The van der Waals surface area contributed by atoms with E-state index in [1.54, 1.807) is 41.4 Å². The minimum atomic E-state index is -0.197. The second-order valence-corrected chi connectivity index (χ2v) is 6.16. The normalized spacial score (nSPS) is 11.1. The first-order valence-corrected chi connectivity index (χ1v) is 9.10. The van der Waals surface area contributed by atoms with Gasteiger partial charge in [-0.1, -0.05) is 42.7 Å². The van der Waals surface area contributed by atoms with Crippen LogP contribution >= 0.6 is 0 Å². The fourth-order valence-electron chi connectivity index (χ4n) is 2.56. The topological polar surface area (TPSA) is 60.1 Å². The van der Waals surface area contributed by atoms with Crippen molar-refractivity contribution in [3.8, 4) is 17.5 Å². The molecular formula is C24H21N3O2. The summed E-state index contributed by atoms with van der Waals surface area (Å²) in [6, 6.07) is 10.8. The predicted molar refractivity (Wildman–Crippen MR) is 113 cm³/mol. The second-order valence-electron chi connectivity index (χ2n) is 6.16. The van der Waals surface area contributed by atoms with Gasteiger partial charge < -0.3 is 9.73 Å². The first-order chi connectivity index (χ1) is 14.2. The van der Waals surface area contributed by atoms with Gasteiger partial charge in [0.15, 0.2) is 0 Å². The van der Waals surface area contributed by atoms with E-state index in [-0.39, 0.29) is 5.91 Å². The molecule has 0 aliphatic carbocycles. The van der Waals surface area contributed by atoms with Crippen molar-refractivity contribution in [1.29, 1.82) is 0 Å². The Bertz CT molecular complexity index is 1090. The van der Waals surface area contributed by atoms with Crippen LogP contribution in [0.4, 0.5) is 0 Å². The molecule has 1 amide bonds. The van der Waals surface area contributed by atoms with Crippen molar-refractivity contribution >= 4 is 5.91 Å². The number of hydrogen-bond acceptors (Lipinski definition) is 3. The highest BCUT2D eigenvalue weighted by Gasteiger charge is 2.11. The van der Waals surface area contributed by atoms with Crippen LogP contribution in [0.15, 0.2) is 95.9 Å². The van der Waals surface area contributed by atoms with Gasteiger partial charge in [0.05, 0.1) is 24.1 Å². The second kappa shape index (κ2) is 9.77. The Kier molecular flexibility index (Phi) is 6.64. The molecule has 0 radical (unpaired) electrons. The van der Waals surface area contributed by atoms with Crippen molar-refractivity contribution in [3.05, 3.63) is 108 Å². The van der Waals surface area contributed by atoms with Gasteiger partial charge in [0.1, 0.15) is 5.76 Å². The van der Waals surface area contributed by atoms with Crippen molar-refractivity contribution in [3.63, 3.8) is 0 Å². The van der Waals surface area contributed by atoms with Gasteiger partial charge in [-0.3, -0.25) is 4.79 Å². The number of nitrogens with zero attached hydrogens (tertiary/aromatic N) is 2. The van der Waals surface area contributed by atoms with E-state index in [1.807, 2.05) is 49.5 Å². The maximum atomic E-state index is 12.5. The number of carbonyl (C=O) groups excluding carboxylic acids is 1. The molecule has 0 aliphatic heterocycles. The van der Waals surface area contributed by atoms with E-state index >= 15 is 0 Å². The van der Waals surface area contributed by atoms with Gasteiger partial charge in [0, 0.05) is 18.0 Å². The molecule has 3 aromatic rings. The molecule has 0 unspecified atom stereocenters. The number of rotatable bonds is 6. The number of benzene rings is 1. The molecule has 3 rings (SSSR count). The molecule has 0 aliphatic rings. The lowest BCUT2D eigenvalue weighted by Crippen LogP contribution is -2.22. The molecule has 5 nitrogen and oxygen atoms in total. The van der Waals surface area contributed by atoms with Gasteiger partial charge in [0.2, 0.25) is 0 Å². The van der Waals surface area contributed by atoms with E-state index in [4.69, 9.17) is 4.42 Å². The van der Waals surface area contributed by atoms with Gasteiger partial charge in [-0.05, 0) is 48.9 Å². The largest absolute Gasteiger partial charge is 0.467 e. The molecule has 0 spiro atoms. The number of carbonyl (C=O) groups is 1. The molecule has 29 heavy (non-hydrogen) atoms. The number of allylic oxidation sites excluding steroid dienone is 5. The molecule has 1 N–H and O–H groups in total. The van der Waals surface area contributed by atoms with Crippen molar-refractivity contribution in [1.82, 2.24) is 15.1 Å². The maximum absolute atomic E-state index is 12.5. The van der Waals surface area contributed by atoms with Crippen LogP contribution in [0, 0.1) is 11.8 Å². The van der Waals surface area contributed by atoms with Gasteiger partial charge >= 0.3 is 0 Å². The maximum Gasteiger partial charge on any atom is 0.251 e. The summed E-state index contributed by atoms with van der Waals surface area (Å²) in [6.45, 7) is 5.89. The van der Waals surface area contributed by atoms with Gasteiger partial charge in [-0.2, -0.15) is 5.10 Å². The Morgan fingerprint density at radius 3 is 2.93 bits per heavy atom. The first kappa shape index (κ1) is 19.7. The molecule has 144 valence electrons. The lowest BCUT2D eigenvalue weighted by molar-refractivity contribution is 0.0948. The molecule has 0 bridgehead atoms. The van der Waals surface area contributed by atoms with Crippen molar-refractivity contribution in [2.24, 2.45) is 0 Å². The highest BCUT2D eigenvalue weighted by atomic mass is 16.3. The quantitative estimate of drug-likeness (QED) is 0.506. The summed E-state index contributed by atoms with van der Waals surface area (Å²) < 4.78 is 6.98. The fourth-order valence-corrected chi connectivity index (χ4v) is 2.56. The van der Waals surface area contributed by atoms with E-state index in [0.29, 0.717) is 23.4 Å². The van der Waals surface area contributed by atoms with E-state index in [2.05, 4.69) is 28.8 Å². The Morgan fingerprint density at radius 2 is 2.21 bits per heavy atom. The van der Waals surface area contributed by atoms with Crippen LogP contribution in [-0.2, 0) is 6.54 Å². The third-order valence-electron chi connectivity index (χ3n) is 4.00. The summed E-state index contributed by atoms with van der Waals surface area (Å²) in [5.41, 5.74) is 2.92. The van der Waals surface area contributed by atoms with Crippen LogP contribution in [0.5, 0.6) is 0 Å². The lowest BCUT2D eigenvalue weighted by Gasteiger charge is -2.08. The summed E-state index contributed by atoms with van der Waals surface area (Å²) in [4.78, 5) is 12.5. The molecule has 0 fully saturated rings. The predicted octanol–water partition coefficient (Wildman–Crippen LogP) is 4.44. The minimum absolute atomic E-state index is 0.197. The standard InChI is InChI=1S/C24H21N3O2/c1-3-4-5-8-19(2)10-11-20-17-21(12-13-23(20)27-15-7-14-26-27)24(28)25-18-22-9-6-16-29-22/h3-9,12-17H,1,18H2,2H3,(H,25,28)/b5-4-,19-8+. The minimum Gasteiger partial charge on any atom is -0.467 e. The average Bonchev–Trinajstić information content (AvgIpc) is 3.44. The molecule has 0 saturated carbocycles. The molecular weight excluding hydrogens is 362 g/mol. The van der Waals surface area contributed by atoms with E-state index in [9.17, 15) is 4.79 Å². The summed E-state index contributed by atoms with van der Waals surface area (Å²) in [5, 5.41) is 7.13. The Balaban J connectivity index is 1.88. The molecule has 2 heterocycles. The zero-order valence-corrected chi connectivity index (χ0v) is 16.1. The highest BCUT2D eigenvalue weighted by Crippen LogP contribution is 2.16. The zero-order valence-electron chi connectivity index (χ0n) is 16.1. The lowest BCUT2D eigenvalue weighted by atomic mass is 10.1. The summed E-state index contributed by atoms with van der Waals surface area (Å²) in [5.74, 6) is 6.77. The van der Waals surface area contributed by atoms with E-state index in [0.717, 1.165) is 11.3 Å². The molecule has 5 heteroatoms. The van der Waals surface area contributed by atoms with E-state index in [1.165, 1.54) is 0 Å². The number of aromatic nitrogens is 2. The molecule has 1 aromatic carbocycles. The third kappa shape index (κ3) is 5.47. The summed E-state index contributed by atoms with van der Waals surface area (Å²) in [6.07, 6.45) is 12.4. The average molecular weight is 383 g/mol. The molecule has 0 saturated heterocycles. The van der Waals surface area contributed by atoms with Crippen LogP contribution in [0.25, 0.3) is 5.69 Å². The highest BCUT2D eigenvalue weighted by molar-refractivity contribution is 5.94. The monoisotopic (exact) mass is 383 g/mol. The number of amides is 1. The summed E-state index contributed by atoms with van der Waals surface area (Å²) >= 11 is 0. The molecule has 2 aromatic heterocycles.